The largest absolute Gasteiger partial charge is 0.339 e. The van der Waals surface area contributed by atoms with E-state index in [-0.39, 0.29) is 5.82 Å². The van der Waals surface area contributed by atoms with Gasteiger partial charge in [-0.3, -0.25) is 4.72 Å². The van der Waals surface area contributed by atoms with Crippen molar-refractivity contribution in [1.82, 2.24) is 14.7 Å². The van der Waals surface area contributed by atoms with E-state index in [2.05, 4.69) is 61.2 Å². The molecule has 0 bridgehead atoms. The highest BCUT2D eigenvalue weighted by Gasteiger charge is 2.10. The van der Waals surface area contributed by atoms with Gasteiger partial charge in [-0.2, -0.15) is 4.98 Å². The lowest BCUT2D eigenvalue weighted by Gasteiger charge is -2.14. The number of anilines is 4. The molecule has 0 radical (unpaired) electrons. The molecule has 3 rings (SSSR count). The van der Waals surface area contributed by atoms with Crippen LogP contribution in [0.2, 0.25) is 0 Å². The van der Waals surface area contributed by atoms with Gasteiger partial charge >= 0.3 is 0 Å². The maximum Gasteiger partial charge on any atom is 0.229 e. The third-order valence-corrected chi connectivity index (χ3v) is 5.78. The summed E-state index contributed by atoms with van der Waals surface area (Å²) in [7, 11) is 0. The molecule has 0 saturated carbocycles. The molecule has 3 aromatic rings. The number of hydrogen-bond acceptors (Lipinski definition) is 6. The van der Waals surface area contributed by atoms with Gasteiger partial charge in [0.15, 0.2) is 0 Å². The van der Waals surface area contributed by atoms with Crippen LogP contribution in [0.1, 0.15) is 25.0 Å². The number of nitrogens with zero attached hydrogens (tertiary/aromatic N) is 2. The van der Waals surface area contributed by atoms with Crippen LogP contribution in [0.3, 0.4) is 0 Å². The van der Waals surface area contributed by atoms with Gasteiger partial charge in [0, 0.05) is 34.1 Å². The number of aryl methyl sites for hydroxylation is 1. The third-order valence-electron chi connectivity index (χ3n) is 4.12. The quantitative estimate of drug-likeness (QED) is 0.339. The summed E-state index contributed by atoms with van der Waals surface area (Å²) in [5, 5.41) is 6.43. The molecule has 0 atom stereocenters. The van der Waals surface area contributed by atoms with E-state index in [0.717, 1.165) is 16.1 Å². The van der Waals surface area contributed by atoms with Crippen LogP contribution in [0.4, 0.5) is 27.5 Å². The number of aromatic nitrogens is 2. The minimum atomic E-state index is -0.265. The maximum atomic E-state index is 13.8. The maximum absolute atomic E-state index is 13.8. The summed E-state index contributed by atoms with van der Waals surface area (Å²) in [6.45, 7) is 7.98. The number of hydrogen-bond donors (Lipinski definition) is 3. The molecule has 0 saturated heterocycles. The van der Waals surface area contributed by atoms with Gasteiger partial charge in [0.25, 0.3) is 0 Å². The van der Waals surface area contributed by atoms with Crippen molar-refractivity contribution in [3.05, 3.63) is 64.0 Å². The first kappa shape index (κ1) is 21.5. The van der Waals surface area contributed by atoms with Gasteiger partial charge in [0.05, 0.1) is 4.47 Å². The van der Waals surface area contributed by atoms with Gasteiger partial charge in [-0.25, -0.2) is 9.37 Å². The van der Waals surface area contributed by atoms with Crippen LogP contribution in [0.25, 0.3) is 0 Å². The molecule has 2 aromatic carbocycles. The van der Waals surface area contributed by atoms with Gasteiger partial charge in [0.1, 0.15) is 11.6 Å². The van der Waals surface area contributed by atoms with Crippen molar-refractivity contribution in [2.75, 3.05) is 10.6 Å². The average Bonchev–Trinajstić information content (AvgIpc) is 2.68. The molecule has 152 valence electrons. The Bertz CT molecular complexity index is 1010. The van der Waals surface area contributed by atoms with Crippen molar-refractivity contribution in [2.24, 2.45) is 0 Å². The number of nitrogens with one attached hydrogen (secondary N) is 3. The first-order valence-electron chi connectivity index (χ1n) is 9.18. The molecule has 0 aliphatic rings. The van der Waals surface area contributed by atoms with Crippen LogP contribution < -0.4 is 15.4 Å². The zero-order valence-corrected chi connectivity index (χ0v) is 19.1. The minimum Gasteiger partial charge on any atom is -0.339 e. The lowest BCUT2D eigenvalue weighted by atomic mass is 10.2. The Morgan fingerprint density at radius 1 is 1.07 bits per heavy atom. The van der Waals surface area contributed by atoms with E-state index in [0.29, 0.717) is 33.5 Å². The van der Waals surface area contributed by atoms with Crippen molar-refractivity contribution in [2.45, 2.75) is 38.6 Å². The fourth-order valence-corrected chi connectivity index (χ4v) is 3.57. The third kappa shape index (κ3) is 5.68. The fraction of sp³-hybridized carbons (Fsp3) is 0.238. The van der Waals surface area contributed by atoms with Gasteiger partial charge < -0.3 is 10.6 Å². The van der Waals surface area contributed by atoms with Crippen LogP contribution in [0.5, 0.6) is 0 Å². The molecular formula is C21H23BrFN5S. The second kappa shape index (κ2) is 9.56. The molecule has 0 aliphatic carbocycles. The smallest absolute Gasteiger partial charge is 0.229 e. The summed E-state index contributed by atoms with van der Waals surface area (Å²) >= 11 is 5.06. The van der Waals surface area contributed by atoms with Crippen molar-refractivity contribution in [3.8, 4) is 0 Å². The summed E-state index contributed by atoms with van der Waals surface area (Å²) in [5.41, 5.74) is 3.20. The predicted molar refractivity (Wildman–Crippen MR) is 123 cm³/mol. The van der Waals surface area contributed by atoms with Crippen molar-refractivity contribution >= 4 is 51.0 Å². The zero-order valence-electron chi connectivity index (χ0n) is 16.7. The molecule has 0 spiro atoms. The van der Waals surface area contributed by atoms with E-state index in [1.54, 1.807) is 31.1 Å². The molecule has 29 heavy (non-hydrogen) atoms. The SMILES string of the molecule is Cc1cc(SNC(C)C)ccc1Nc1ncc(Br)c(Nc2cccc(F)c2C)n1. The van der Waals surface area contributed by atoms with E-state index >= 15 is 0 Å². The first-order chi connectivity index (χ1) is 13.8. The molecule has 5 nitrogen and oxygen atoms in total. The Balaban J connectivity index is 1.78. The molecule has 8 heteroatoms. The predicted octanol–water partition coefficient (Wildman–Crippen LogP) is 6.49. The number of rotatable bonds is 7. The first-order valence-corrected chi connectivity index (χ1v) is 10.8. The normalized spacial score (nSPS) is 11.0. The van der Waals surface area contributed by atoms with E-state index < -0.39 is 0 Å². The Hall–Kier alpha value is -2.16. The summed E-state index contributed by atoms with van der Waals surface area (Å²) in [6.07, 6.45) is 1.67. The van der Waals surface area contributed by atoms with Gasteiger partial charge in [-0.1, -0.05) is 6.07 Å². The fourth-order valence-electron chi connectivity index (χ4n) is 2.53. The Morgan fingerprint density at radius 3 is 2.59 bits per heavy atom. The van der Waals surface area contributed by atoms with Crippen molar-refractivity contribution < 1.29 is 4.39 Å². The number of halogens is 2. The van der Waals surface area contributed by atoms with Crippen molar-refractivity contribution in [3.63, 3.8) is 0 Å². The molecule has 0 fully saturated rings. The highest BCUT2D eigenvalue weighted by atomic mass is 79.9. The highest BCUT2D eigenvalue weighted by Crippen LogP contribution is 2.29. The second-order valence-corrected chi connectivity index (χ2v) is 8.67. The molecule has 0 amide bonds. The van der Waals surface area contributed by atoms with Crippen LogP contribution in [0.15, 0.2) is 52.0 Å². The van der Waals surface area contributed by atoms with Crippen LogP contribution >= 0.6 is 27.9 Å². The van der Waals surface area contributed by atoms with Gasteiger partial charge in [0.2, 0.25) is 5.95 Å². The zero-order chi connectivity index (χ0) is 21.0. The summed E-state index contributed by atoms with van der Waals surface area (Å²) in [6, 6.07) is 11.5. The Kier molecular flexibility index (Phi) is 7.10. The second-order valence-electron chi connectivity index (χ2n) is 6.90. The molecule has 3 N–H and O–H groups in total. The molecular weight excluding hydrogens is 453 g/mol. The monoisotopic (exact) mass is 475 g/mol. The lowest BCUT2D eigenvalue weighted by Crippen LogP contribution is -2.13. The van der Waals surface area contributed by atoms with Crippen molar-refractivity contribution in [1.29, 1.82) is 0 Å². The summed E-state index contributed by atoms with van der Waals surface area (Å²) < 4.78 is 17.8. The lowest BCUT2D eigenvalue weighted by molar-refractivity contribution is 0.619. The van der Waals surface area contributed by atoms with Gasteiger partial charge in [-0.15, -0.1) is 0 Å². The number of benzene rings is 2. The highest BCUT2D eigenvalue weighted by molar-refractivity contribution is 9.10. The van der Waals surface area contributed by atoms with E-state index in [1.807, 2.05) is 25.1 Å². The van der Waals surface area contributed by atoms with Crippen LogP contribution in [0, 0.1) is 19.7 Å². The van der Waals surface area contributed by atoms with Crippen LogP contribution in [-0.4, -0.2) is 16.0 Å². The van der Waals surface area contributed by atoms with Crippen LogP contribution in [-0.2, 0) is 0 Å². The molecule has 0 unspecified atom stereocenters. The summed E-state index contributed by atoms with van der Waals surface area (Å²) in [5.74, 6) is 0.745. The van der Waals surface area contributed by atoms with E-state index in [4.69, 9.17) is 0 Å². The summed E-state index contributed by atoms with van der Waals surface area (Å²) in [4.78, 5) is 10.0. The topological polar surface area (TPSA) is 61.9 Å². The molecule has 1 aromatic heterocycles. The minimum absolute atomic E-state index is 0.265. The van der Waals surface area contributed by atoms with E-state index in [1.165, 1.54) is 6.07 Å². The Morgan fingerprint density at radius 2 is 1.86 bits per heavy atom. The molecule has 0 aliphatic heterocycles. The average molecular weight is 476 g/mol. The van der Waals surface area contributed by atoms with E-state index in [9.17, 15) is 4.39 Å². The molecule has 1 heterocycles. The van der Waals surface area contributed by atoms with Gasteiger partial charge in [-0.05, 0) is 91.5 Å². The Labute approximate surface area is 183 Å². The standard InChI is InChI=1S/C21H23BrFN5S/c1-12(2)28-29-15-8-9-18(13(3)10-15)26-21-24-11-16(22)20(27-21)25-19-7-5-6-17(23)14(19)4/h5-12,28H,1-4H3,(H2,24,25,26,27).